The van der Waals surface area contributed by atoms with Crippen LogP contribution in [0.5, 0.6) is 0 Å². The summed E-state index contributed by atoms with van der Waals surface area (Å²) >= 11 is 12.4. The molecule has 2 rings (SSSR count). The second-order valence-electron chi connectivity index (χ2n) is 3.68. The van der Waals surface area contributed by atoms with Crippen LogP contribution in [0, 0.1) is 0 Å². The predicted octanol–water partition coefficient (Wildman–Crippen LogP) is 4.78. The normalized spacial score (nSPS) is 10.7. The number of halogens is 2. The third-order valence-electron chi connectivity index (χ3n) is 2.30. The smallest absolute Gasteiger partial charge is 0.306 e. The highest BCUT2D eigenvalue weighted by Crippen LogP contribution is 2.39. The summed E-state index contributed by atoms with van der Waals surface area (Å²) in [6, 6.07) is 1.96. The minimum atomic E-state index is -0.182. The van der Waals surface area contributed by atoms with Crippen LogP contribution in [0.25, 0.3) is 9.88 Å². The van der Waals surface area contributed by atoms with Crippen LogP contribution in [0.15, 0.2) is 15.9 Å². The van der Waals surface area contributed by atoms with Gasteiger partial charge in [0.2, 0.25) is 0 Å². The number of aromatic nitrogens is 1. The molecule has 0 N–H and O–H groups in total. The summed E-state index contributed by atoms with van der Waals surface area (Å²) in [6.45, 7) is 2.22. The minimum absolute atomic E-state index is 0.182. The number of aryl methyl sites for hydroxylation is 1. The maximum absolute atomic E-state index is 11.3. The van der Waals surface area contributed by atoms with Gasteiger partial charge in [-0.15, -0.1) is 22.7 Å². The van der Waals surface area contributed by atoms with E-state index in [2.05, 4.69) is 20.9 Å². The molecule has 0 fully saturated rings. The third-order valence-corrected chi connectivity index (χ3v) is 5.83. The molecule has 0 aliphatic rings. The highest BCUT2D eigenvalue weighted by atomic mass is 79.9. The number of nitrogens with zero attached hydrogens (tertiary/aromatic N) is 1. The molecular formula is C12H11BrClNO2S2. The number of thiazole rings is 1. The number of thiophene rings is 1. The van der Waals surface area contributed by atoms with Gasteiger partial charge >= 0.3 is 5.97 Å². The Hall–Kier alpha value is -0.430. The molecule has 0 radical (unpaired) electrons. The van der Waals surface area contributed by atoms with Crippen LogP contribution < -0.4 is 0 Å². The van der Waals surface area contributed by atoms with Gasteiger partial charge in [0.25, 0.3) is 0 Å². The molecule has 2 aromatic rings. The van der Waals surface area contributed by atoms with Crippen LogP contribution >= 0.6 is 50.2 Å². The van der Waals surface area contributed by atoms with Crippen molar-refractivity contribution in [2.24, 2.45) is 0 Å². The van der Waals surface area contributed by atoms with E-state index in [-0.39, 0.29) is 5.97 Å². The van der Waals surface area contributed by atoms with Gasteiger partial charge in [0.15, 0.2) is 0 Å². The zero-order valence-electron chi connectivity index (χ0n) is 10.1. The highest BCUT2D eigenvalue weighted by Gasteiger charge is 2.11. The maximum Gasteiger partial charge on any atom is 0.306 e. The molecule has 0 unspecified atom stereocenters. The molecule has 19 heavy (non-hydrogen) atoms. The van der Waals surface area contributed by atoms with Gasteiger partial charge in [-0.1, -0.05) is 11.6 Å². The molecule has 0 aromatic carbocycles. The number of hydrogen-bond donors (Lipinski definition) is 0. The van der Waals surface area contributed by atoms with Crippen LogP contribution in [0.3, 0.4) is 0 Å². The molecule has 0 saturated heterocycles. The van der Waals surface area contributed by atoms with Crippen molar-refractivity contribution < 1.29 is 9.53 Å². The van der Waals surface area contributed by atoms with Gasteiger partial charge in [-0.05, 0) is 28.9 Å². The second kappa shape index (κ2) is 6.83. The fraction of sp³-hybridized carbons (Fsp3) is 0.333. The summed E-state index contributed by atoms with van der Waals surface area (Å²) in [5.41, 5.74) is 0.911. The number of rotatable bonds is 5. The molecule has 0 bridgehead atoms. The van der Waals surface area contributed by atoms with E-state index in [1.165, 1.54) is 11.3 Å². The van der Waals surface area contributed by atoms with E-state index < -0.39 is 0 Å². The molecular weight excluding hydrogens is 370 g/mol. The summed E-state index contributed by atoms with van der Waals surface area (Å²) in [5, 5.41) is 2.90. The van der Waals surface area contributed by atoms with E-state index >= 15 is 0 Å². The molecule has 0 aliphatic heterocycles. The molecule has 2 aromatic heterocycles. The van der Waals surface area contributed by atoms with Gasteiger partial charge in [0.1, 0.15) is 9.34 Å². The SMILES string of the molecule is CCOC(=O)CCc1csc(-c2cc(Br)c(Cl)s2)n1. The fourth-order valence-corrected chi connectivity index (χ4v) is 4.07. The second-order valence-corrected chi connectivity index (χ2v) is 7.05. The van der Waals surface area contributed by atoms with Gasteiger partial charge in [-0.2, -0.15) is 0 Å². The lowest BCUT2D eigenvalue weighted by Gasteiger charge is -1.99. The van der Waals surface area contributed by atoms with Crippen LogP contribution in [0.4, 0.5) is 0 Å². The lowest BCUT2D eigenvalue weighted by molar-refractivity contribution is -0.143. The first-order valence-corrected chi connectivity index (χ1v) is 8.52. The molecule has 3 nitrogen and oxygen atoms in total. The molecule has 102 valence electrons. The number of carbonyl (C=O) groups is 1. The first kappa shape index (κ1) is 15.0. The van der Waals surface area contributed by atoms with Crippen molar-refractivity contribution in [1.29, 1.82) is 0 Å². The summed E-state index contributed by atoms with van der Waals surface area (Å²) in [7, 11) is 0. The monoisotopic (exact) mass is 379 g/mol. The number of ether oxygens (including phenoxy) is 1. The van der Waals surface area contributed by atoms with Gasteiger partial charge < -0.3 is 4.74 Å². The van der Waals surface area contributed by atoms with E-state index in [0.717, 1.165) is 24.4 Å². The Balaban J connectivity index is 2.01. The van der Waals surface area contributed by atoms with Crippen LogP contribution in [-0.4, -0.2) is 17.6 Å². The quantitative estimate of drug-likeness (QED) is 0.700. The van der Waals surface area contributed by atoms with Crippen molar-refractivity contribution in [1.82, 2.24) is 4.98 Å². The van der Waals surface area contributed by atoms with Crippen molar-refractivity contribution in [2.45, 2.75) is 19.8 Å². The Bertz CT molecular complexity index is 563. The van der Waals surface area contributed by atoms with Crippen molar-refractivity contribution in [3.63, 3.8) is 0 Å². The Labute approximate surface area is 132 Å². The molecule has 0 saturated carbocycles. The van der Waals surface area contributed by atoms with Crippen molar-refractivity contribution in [3.8, 4) is 9.88 Å². The fourth-order valence-electron chi connectivity index (χ4n) is 1.45. The van der Waals surface area contributed by atoms with Crippen LogP contribution in [0.1, 0.15) is 19.0 Å². The standard InChI is InChI=1S/C12H11BrClNO2S2/c1-2-17-10(16)4-3-7-6-18-12(15-7)9-5-8(13)11(14)19-9/h5-6H,2-4H2,1H3. The van der Waals surface area contributed by atoms with Gasteiger partial charge in [0.05, 0.1) is 23.6 Å². The largest absolute Gasteiger partial charge is 0.466 e. The van der Waals surface area contributed by atoms with Crippen molar-refractivity contribution >= 4 is 56.2 Å². The summed E-state index contributed by atoms with van der Waals surface area (Å²) < 4.78 is 6.50. The maximum atomic E-state index is 11.3. The lowest BCUT2D eigenvalue weighted by Crippen LogP contribution is -2.05. The summed E-state index contributed by atoms with van der Waals surface area (Å²) in [4.78, 5) is 16.8. The topological polar surface area (TPSA) is 39.2 Å². The zero-order chi connectivity index (χ0) is 13.8. The van der Waals surface area contributed by atoms with Gasteiger partial charge in [-0.3, -0.25) is 4.79 Å². The molecule has 0 amide bonds. The van der Waals surface area contributed by atoms with E-state index in [1.807, 2.05) is 11.4 Å². The first-order valence-electron chi connectivity index (χ1n) is 5.65. The molecule has 2 heterocycles. The van der Waals surface area contributed by atoms with E-state index in [1.54, 1.807) is 18.3 Å². The first-order chi connectivity index (χ1) is 9.10. The Morgan fingerprint density at radius 2 is 2.37 bits per heavy atom. The van der Waals surface area contributed by atoms with E-state index in [4.69, 9.17) is 16.3 Å². The van der Waals surface area contributed by atoms with Gasteiger partial charge in [-0.25, -0.2) is 4.98 Å². The van der Waals surface area contributed by atoms with Crippen LogP contribution in [0.2, 0.25) is 4.34 Å². The third kappa shape index (κ3) is 4.02. The Morgan fingerprint density at radius 1 is 1.58 bits per heavy atom. The van der Waals surface area contributed by atoms with Crippen molar-refractivity contribution in [2.75, 3.05) is 6.61 Å². The van der Waals surface area contributed by atoms with E-state index in [9.17, 15) is 4.79 Å². The predicted molar refractivity (Wildman–Crippen MR) is 83.1 cm³/mol. The summed E-state index contributed by atoms with van der Waals surface area (Å²) in [5.74, 6) is -0.182. The zero-order valence-corrected chi connectivity index (χ0v) is 14.1. The Kier molecular flexibility index (Phi) is 5.38. The highest BCUT2D eigenvalue weighted by molar-refractivity contribution is 9.10. The number of esters is 1. The molecule has 7 heteroatoms. The number of hydrogen-bond acceptors (Lipinski definition) is 5. The van der Waals surface area contributed by atoms with Crippen molar-refractivity contribution in [3.05, 3.63) is 25.9 Å². The Morgan fingerprint density at radius 3 is 3.00 bits per heavy atom. The molecule has 0 atom stereocenters. The lowest BCUT2D eigenvalue weighted by atomic mass is 10.2. The van der Waals surface area contributed by atoms with Crippen LogP contribution in [-0.2, 0) is 16.0 Å². The number of carbonyl (C=O) groups excluding carboxylic acids is 1. The average molecular weight is 381 g/mol. The molecule has 0 spiro atoms. The molecule has 0 aliphatic carbocycles. The van der Waals surface area contributed by atoms with E-state index in [0.29, 0.717) is 19.4 Å². The average Bonchev–Trinajstić information content (AvgIpc) is 2.95. The summed E-state index contributed by atoms with van der Waals surface area (Å²) in [6.07, 6.45) is 0.974. The van der Waals surface area contributed by atoms with Gasteiger partial charge in [0, 0.05) is 16.3 Å². The minimum Gasteiger partial charge on any atom is -0.466 e.